The maximum atomic E-state index is 13.4. The number of hydrogen-bond donors (Lipinski definition) is 2. The average Bonchev–Trinajstić information content (AvgIpc) is 3.31. The summed E-state index contributed by atoms with van der Waals surface area (Å²) in [6.07, 6.45) is 10.00. The molecule has 2 aliphatic rings. The molecule has 4 rings (SSSR count). The number of amides is 1. The Morgan fingerprint density at radius 3 is 2.58 bits per heavy atom. The van der Waals surface area contributed by atoms with Crippen molar-refractivity contribution in [3.63, 3.8) is 0 Å². The lowest BCUT2D eigenvalue weighted by molar-refractivity contribution is -0.139. The number of carbonyl (C=O) groups is 2. The molecule has 3 atom stereocenters. The lowest BCUT2D eigenvalue weighted by atomic mass is 9.93. The number of aryl methyl sites for hydroxylation is 1. The Balaban J connectivity index is 1.56. The van der Waals surface area contributed by atoms with E-state index >= 15 is 0 Å². The molecule has 218 valence electrons. The normalized spacial score (nSPS) is 20.9. The van der Waals surface area contributed by atoms with Crippen molar-refractivity contribution in [3.05, 3.63) is 59.2 Å². The van der Waals surface area contributed by atoms with Crippen LogP contribution in [-0.2, 0) is 20.8 Å². The first kappa shape index (κ1) is 30.6. The highest BCUT2D eigenvalue weighted by molar-refractivity contribution is 7.98. The predicted octanol–water partition coefficient (Wildman–Crippen LogP) is 5.54. The van der Waals surface area contributed by atoms with Crippen molar-refractivity contribution in [2.45, 2.75) is 82.7 Å². The van der Waals surface area contributed by atoms with Gasteiger partial charge in [-0.3, -0.25) is 9.69 Å². The summed E-state index contributed by atoms with van der Waals surface area (Å²) < 4.78 is 12.1. The van der Waals surface area contributed by atoms with E-state index in [-0.39, 0.29) is 18.1 Å². The second kappa shape index (κ2) is 15.0. The van der Waals surface area contributed by atoms with Gasteiger partial charge < -0.3 is 19.9 Å². The van der Waals surface area contributed by atoms with Gasteiger partial charge in [-0.1, -0.05) is 49.6 Å². The second-order valence-corrected chi connectivity index (χ2v) is 12.1. The van der Waals surface area contributed by atoms with Gasteiger partial charge in [0.15, 0.2) is 0 Å². The number of methoxy groups -OCH3 is 1. The molecule has 1 heterocycles. The highest BCUT2D eigenvalue weighted by Crippen LogP contribution is 2.31. The molecule has 2 N–H and O–H groups in total. The first-order valence-corrected chi connectivity index (χ1v) is 15.9. The van der Waals surface area contributed by atoms with E-state index in [1.807, 2.05) is 49.6 Å². The fraction of sp³-hybridized carbons (Fsp3) is 0.562. The Bertz CT molecular complexity index is 1140. The molecule has 1 saturated carbocycles. The Labute approximate surface area is 243 Å². The van der Waals surface area contributed by atoms with Crippen molar-refractivity contribution in [2.24, 2.45) is 0 Å². The molecule has 2 aromatic carbocycles. The Hall–Kier alpha value is -2.39. The number of carbonyl (C=O) groups excluding carboxylic acids is 1. The Morgan fingerprint density at radius 1 is 1.10 bits per heavy atom. The molecule has 0 unspecified atom stereocenters. The fourth-order valence-corrected chi connectivity index (χ4v) is 6.49. The van der Waals surface area contributed by atoms with E-state index in [1.165, 1.54) is 19.3 Å². The molecular weight excluding hydrogens is 524 g/mol. The van der Waals surface area contributed by atoms with Crippen molar-refractivity contribution in [1.82, 2.24) is 10.2 Å². The number of ether oxygens (including phenoxy) is 2. The van der Waals surface area contributed by atoms with Crippen LogP contribution in [-0.4, -0.2) is 78.4 Å². The monoisotopic (exact) mass is 568 g/mol. The maximum absolute atomic E-state index is 13.4. The third kappa shape index (κ3) is 8.09. The molecule has 0 radical (unpaired) electrons. The molecule has 1 saturated heterocycles. The molecule has 1 aliphatic heterocycles. The molecule has 0 spiro atoms. The standard InChI is InChI=1S/C32H44N2O5S/c1-22-9-7-8-12-27(22)29-17-23(13-14-28(29)31(35)33-30(32(36)37)15-16-40-3)19-34-20-26(18-24(34)21-38-2)39-25-10-5-4-6-11-25/h7-9,12-14,17,24-26,30H,4-6,10-11,15-16,18-21H2,1-3H3,(H,33,35)(H,36,37)/t24-,26-,30-/m0/s1. The van der Waals surface area contributed by atoms with E-state index in [2.05, 4.69) is 16.3 Å². The Kier molecular flexibility index (Phi) is 11.5. The summed E-state index contributed by atoms with van der Waals surface area (Å²) >= 11 is 1.57. The number of thioether (sulfide) groups is 1. The molecule has 40 heavy (non-hydrogen) atoms. The SMILES string of the molecule is COC[C@@H]1C[C@H](OC2CCCCC2)CN1Cc1ccc(C(=O)N[C@@H](CCSC)C(=O)O)c(-c2ccccc2C)c1. The second-order valence-electron chi connectivity index (χ2n) is 11.1. The van der Waals surface area contributed by atoms with E-state index < -0.39 is 12.0 Å². The van der Waals surface area contributed by atoms with Crippen LogP contribution in [0.1, 0.15) is 66.4 Å². The number of nitrogens with zero attached hydrogens (tertiary/aromatic N) is 1. The summed E-state index contributed by atoms with van der Waals surface area (Å²) in [5.41, 5.74) is 4.44. The van der Waals surface area contributed by atoms with Gasteiger partial charge in [-0.15, -0.1) is 0 Å². The van der Waals surface area contributed by atoms with Gasteiger partial charge in [0.1, 0.15) is 6.04 Å². The molecule has 2 aromatic rings. The van der Waals surface area contributed by atoms with Crippen molar-refractivity contribution >= 4 is 23.6 Å². The number of hydrogen-bond acceptors (Lipinski definition) is 6. The van der Waals surface area contributed by atoms with Crippen LogP contribution in [0.5, 0.6) is 0 Å². The molecular formula is C32H44N2O5S. The van der Waals surface area contributed by atoms with Crippen LogP contribution in [0.4, 0.5) is 0 Å². The van der Waals surface area contributed by atoms with Gasteiger partial charge >= 0.3 is 5.97 Å². The number of rotatable bonds is 13. The number of nitrogens with one attached hydrogen (secondary N) is 1. The number of carboxylic acids is 1. The van der Waals surface area contributed by atoms with Crippen molar-refractivity contribution in [3.8, 4) is 11.1 Å². The van der Waals surface area contributed by atoms with Gasteiger partial charge in [-0.05, 0) is 79.0 Å². The smallest absolute Gasteiger partial charge is 0.326 e. The fourth-order valence-electron chi connectivity index (χ4n) is 6.02. The number of carboxylic acid groups (broad SMARTS) is 1. The summed E-state index contributed by atoms with van der Waals surface area (Å²) in [5.74, 6) is -0.720. The molecule has 0 bridgehead atoms. The summed E-state index contributed by atoms with van der Waals surface area (Å²) in [6.45, 7) is 4.28. The van der Waals surface area contributed by atoms with E-state index in [0.717, 1.165) is 54.6 Å². The molecule has 8 heteroatoms. The predicted molar refractivity (Wildman–Crippen MR) is 161 cm³/mol. The summed E-state index contributed by atoms with van der Waals surface area (Å²) in [6, 6.07) is 13.3. The van der Waals surface area contributed by atoms with Gasteiger partial charge in [0, 0.05) is 31.8 Å². The largest absolute Gasteiger partial charge is 0.480 e. The quantitative estimate of drug-likeness (QED) is 0.328. The van der Waals surface area contributed by atoms with Gasteiger partial charge in [0.05, 0.1) is 18.8 Å². The summed E-state index contributed by atoms with van der Waals surface area (Å²) in [7, 11) is 1.75. The first-order valence-electron chi connectivity index (χ1n) is 14.5. The van der Waals surface area contributed by atoms with Crippen LogP contribution in [0.3, 0.4) is 0 Å². The van der Waals surface area contributed by atoms with Gasteiger partial charge in [0.2, 0.25) is 0 Å². The highest BCUT2D eigenvalue weighted by Gasteiger charge is 2.34. The van der Waals surface area contributed by atoms with E-state index in [9.17, 15) is 14.7 Å². The molecule has 1 aliphatic carbocycles. The van der Waals surface area contributed by atoms with E-state index in [4.69, 9.17) is 9.47 Å². The topological polar surface area (TPSA) is 88.1 Å². The molecule has 7 nitrogen and oxygen atoms in total. The number of aliphatic carboxylic acids is 1. The number of benzene rings is 2. The van der Waals surface area contributed by atoms with E-state index in [0.29, 0.717) is 30.4 Å². The van der Waals surface area contributed by atoms with Crippen LogP contribution in [0.15, 0.2) is 42.5 Å². The molecule has 2 fully saturated rings. The van der Waals surface area contributed by atoms with Crippen LogP contribution < -0.4 is 5.32 Å². The minimum absolute atomic E-state index is 0.207. The zero-order valence-corrected chi connectivity index (χ0v) is 24.9. The van der Waals surface area contributed by atoms with Crippen molar-refractivity contribution < 1.29 is 24.2 Å². The third-order valence-electron chi connectivity index (χ3n) is 8.15. The lowest BCUT2D eigenvalue weighted by Gasteiger charge is -2.26. The van der Waals surface area contributed by atoms with E-state index in [1.54, 1.807) is 18.9 Å². The highest BCUT2D eigenvalue weighted by atomic mass is 32.2. The van der Waals surface area contributed by atoms with Crippen molar-refractivity contribution in [1.29, 1.82) is 0 Å². The summed E-state index contributed by atoms with van der Waals surface area (Å²) in [5, 5.41) is 12.4. The molecule has 0 aromatic heterocycles. The zero-order valence-electron chi connectivity index (χ0n) is 24.1. The van der Waals surface area contributed by atoms with Crippen LogP contribution >= 0.6 is 11.8 Å². The maximum Gasteiger partial charge on any atom is 0.326 e. The third-order valence-corrected chi connectivity index (χ3v) is 8.79. The van der Waals surface area contributed by atoms with Gasteiger partial charge in [0.25, 0.3) is 5.91 Å². The van der Waals surface area contributed by atoms with Gasteiger partial charge in [-0.25, -0.2) is 4.79 Å². The van der Waals surface area contributed by atoms with Crippen molar-refractivity contribution in [2.75, 3.05) is 32.3 Å². The zero-order chi connectivity index (χ0) is 28.5. The Morgan fingerprint density at radius 2 is 1.88 bits per heavy atom. The minimum atomic E-state index is -1.01. The van der Waals surface area contributed by atoms with Crippen LogP contribution in [0.2, 0.25) is 0 Å². The average molecular weight is 569 g/mol. The first-order chi connectivity index (χ1) is 19.4. The number of likely N-dealkylation sites (tertiary alicyclic amines) is 1. The van der Waals surface area contributed by atoms with Gasteiger partial charge in [-0.2, -0.15) is 11.8 Å². The lowest BCUT2D eigenvalue weighted by Crippen LogP contribution is -2.41. The summed E-state index contributed by atoms with van der Waals surface area (Å²) in [4.78, 5) is 27.7. The molecule has 1 amide bonds. The minimum Gasteiger partial charge on any atom is -0.480 e. The van der Waals surface area contributed by atoms with Crippen LogP contribution in [0.25, 0.3) is 11.1 Å². The van der Waals surface area contributed by atoms with Crippen LogP contribution in [0, 0.1) is 6.92 Å².